The number of fused-ring (bicyclic) bond motifs is 1. The van der Waals surface area contributed by atoms with Crippen LogP contribution in [0.2, 0.25) is 0 Å². The van der Waals surface area contributed by atoms with E-state index in [1.165, 1.54) is 0 Å². The van der Waals surface area contributed by atoms with Crippen LogP contribution in [0, 0.1) is 0 Å². The Kier molecular flexibility index (Phi) is 7.02. The van der Waals surface area contributed by atoms with Gasteiger partial charge in [-0.15, -0.1) is 0 Å². The molecule has 33 heavy (non-hydrogen) atoms. The second-order valence-electron chi connectivity index (χ2n) is 8.38. The van der Waals surface area contributed by atoms with Crippen molar-refractivity contribution in [2.75, 3.05) is 32.6 Å². The number of carbonyl (C=O) groups is 1. The van der Waals surface area contributed by atoms with E-state index in [0.29, 0.717) is 12.3 Å². The van der Waals surface area contributed by atoms with Gasteiger partial charge in [-0.1, -0.05) is 30.3 Å². The standard InChI is InChI=1S/C24H28N2O6S/c1-25(24(27)14-19-16-31-23-10-3-2-9-21(19)23)22(15-26-11-4-5-12-26)18-7-6-8-20(13-18)32-17-33(28,29)30/h2-3,6-10,13,16,22H,4-5,11-12,14-15,17H2,1H3,(H,28,29,30). The Morgan fingerprint density at radius 2 is 1.94 bits per heavy atom. The van der Waals surface area contributed by atoms with Crippen LogP contribution in [0.15, 0.2) is 59.2 Å². The van der Waals surface area contributed by atoms with Crippen molar-refractivity contribution in [3.05, 3.63) is 65.9 Å². The number of nitrogens with zero attached hydrogens (tertiary/aromatic N) is 2. The molecule has 1 amide bonds. The molecular formula is C24H28N2O6S. The van der Waals surface area contributed by atoms with Gasteiger partial charge < -0.3 is 19.0 Å². The minimum absolute atomic E-state index is 0.0463. The molecule has 3 aromatic rings. The number of benzene rings is 2. The summed E-state index contributed by atoms with van der Waals surface area (Å²) in [6.07, 6.45) is 4.10. The average Bonchev–Trinajstić information content (AvgIpc) is 3.45. The fourth-order valence-electron chi connectivity index (χ4n) is 4.25. The Bertz CT molecular complexity index is 1220. The Morgan fingerprint density at radius 1 is 1.18 bits per heavy atom. The summed E-state index contributed by atoms with van der Waals surface area (Å²) in [5, 5.41) is 0.927. The lowest BCUT2D eigenvalue weighted by molar-refractivity contribution is -0.131. The van der Waals surface area contributed by atoms with Crippen molar-refractivity contribution in [1.29, 1.82) is 0 Å². The van der Waals surface area contributed by atoms with Gasteiger partial charge in [-0.2, -0.15) is 8.42 Å². The first-order chi connectivity index (χ1) is 15.8. The van der Waals surface area contributed by atoms with Gasteiger partial charge in [0.2, 0.25) is 11.8 Å². The summed E-state index contributed by atoms with van der Waals surface area (Å²) >= 11 is 0. The third-order valence-electron chi connectivity index (χ3n) is 6.01. The number of likely N-dealkylation sites (tertiary alicyclic amines) is 1. The van der Waals surface area contributed by atoms with Crippen LogP contribution in [-0.2, 0) is 21.3 Å². The molecule has 4 rings (SSSR count). The number of likely N-dealkylation sites (N-methyl/N-ethyl adjacent to an activating group) is 1. The summed E-state index contributed by atoms with van der Waals surface area (Å²) in [5.41, 5.74) is 2.43. The summed E-state index contributed by atoms with van der Waals surface area (Å²) in [6, 6.07) is 14.4. The van der Waals surface area contributed by atoms with Crippen LogP contribution in [0.5, 0.6) is 5.75 Å². The number of carbonyl (C=O) groups excluding carboxylic acids is 1. The molecule has 0 radical (unpaired) electrons. The van der Waals surface area contributed by atoms with Gasteiger partial charge in [-0.3, -0.25) is 9.35 Å². The van der Waals surface area contributed by atoms with E-state index in [2.05, 4.69) is 4.90 Å². The van der Waals surface area contributed by atoms with E-state index in [0.717, 1.165) is 48.0 Å². The minimum Gasteiger partial charge on any atom is -0.475 e. The van der Waals surface area contributed by atoms with Crippen LogP contribution in [0.4, 0.5) is 0 Å². The first-order valence-electron chi connectivity index (χ1n) is 10.9. The molecule has 2 aromatic carbocycles. The predicted octanol–water partition coefficient (Wildman–Crippen LogP) is 3.49. The maximum atomic E-state index is 13.3. The highest BCUT2D eigenvalue weighted by atomic mass is 32.2. The highest BCUT2D eigenvalue weighted by molar-refractivity contribution is 7.85. The van der Waals surface area contributed by atoms with Gasteiger partial charge in [0.05, 0.1) is 18.7 Å². The number of furan rings is 1. The zero-order chi connectivity index (χ0) is 23.4. The maximum Gasteiger partial charge on any atom is 0.300 e. The van der Waals surface area contributed by atoms with E-state index in [-0.39, 0.29) is 18.4 Å². The Labute approximate surface area is 193 Å². The topological polar surface area (TPSA) is 100 Å². The van der Waals surface area contributed by atoms with Crippen molar-refractivity contribution in [1.82, 2.24) is 9.80 Å². The van der Waals surface area contributed by atoms with Crippen LogP contribution in [0.1, 0.15) is 30.0 Å². The largest absolute Gasteiger partial charge is 0.475 e. The summed E-state index contributed by atoms with van der Waals surface area (Å²) < 4.78 is 41.9. The van der Waals surface area contributed by atoms with Gasteiger partial charge in [0.1, 0.15) is 11.3 Å². The normalized spacial score (nSPS) is 15.6. The van der Waals surface area contributed by atoms with Gasteiger partial charge in [0.25, 0.3) is 0 Å². The van der Waals surface area contributed by atoms with E-state index < -0.39 is 16.1 Å². The second kappa shape index (κ2) is 9.94. The Morgan fingerprint density at radius 3 is 2.70 bits per heavy atom. The van der Waals surface area contributed by atoms with Gasteiger partial charge in [0.15, 0.2) is 0 Å². The molecule has 1 fully saturated rings. The molecule has 1 atom stereocenters. The Hall–Kier alpha value is -2.88. The minimum atomic E-state index is -4.25. The van der Waals surface area contributed by atoms with Gasteiger partial charge >= 0.3 is 10.1 Å². The molecule has 176 valence electrons. The molecule has 1 aliphatic rings. The molecule has 0 saturated carbocycles. The molecule has 1 saturated heterocycles. The zero-order valence-electron chi connectivity index (χ0n) is 18.5. The van der Waals surface area contributed by atoms with Crippen molar-refractivity contribution in [3.8, 4) is 5.75 Å². The highest BCUT2D eigenvalue weighted by Gasteiger charge is 2.27. The zero-order valence-corrected chi connectivity index (χ0v) is 19.3. The first kappa shape index (κ1) is 23.3. The number of ether oxygens (including phenoxy) is 1. The molecule has 1 aliphatic heterocycles. The molecule has 0 aliphatic carbocycles. The maximum absolute atomic E-state index is 13.3. The van der Waals surface area contributed by atoms with Gasteiger partial charge in [-0.25, -0.2) is 0 Å². The lowest BCUT2D eigenvalue weighted by Crippen LogP contribution is -2.39. The molecular weight excluding hydrogens is 444 g/mol. The summed E-state index contributed by atoms with van der Waals surface area (Å²) in [7, 11) is -2.47. The van der Waals surface area contributed by atoms with Crippen LogP contribution in [0.25, 0.3) is 11.0 Å². The van der Waals surface area contributed by atoms with Crippen molar-refractivity contribution in [2.24, 2.45) is 0 Å². The third kappa shape index (κ3) is 5.93. The summed E-state index contributed by atoms with van der Waals surface area (Å²) in [5.74, 6) is -0.552. The second-order valence-corrected chi connectivity index (χ2v) is 9.78. The number of amides is 1. The number of para-hydroxylation sites is 1. The van der Waals surface area contributed by atoms with Gasteiger partial charge in [0, 0.05) is 24.5 Å². The molecule has 1 N–H and O–H groups in total. The van der Waals surface area contributed by atoms with Crippen molar-refractivity contribution in [2.45, 2.75) is 25.3 Å². The highest BCUT2D eigenvalue weighted by Crippen LogP contribution is 2.28. The number of rotatable bonds is 9. The Balaban J connectivity index is 1.56. The van der Waals surface area contributed by atoms with Crippen LogP contribution >= 0.6 is 0 Å². The molecule has 8 nitrogen and oxygen atoms in total. The molecule has 1 aromatic heterocycles. The summed E-state index contributed by atoms with van der Waals surface area (Å²) in [6.45, 7) is 2.61. The number of hydrogen-bond acceptors (Lipinski definition) is 6. The van der Waals surface area contributed by atoms with Crippen molar-refractivity contribution >= 4 is 27.0 Å². The molecule has 9 heteroatoms. The predicted molar refractivity (Wildman–Crippen MR) is 125 cm³/mol. The SMILES string of the molecule is CN(C(=O)Cc1coc2ccccc12)C(CN1CCCC1)c1cccc(OCS(=O)(=O)O)c1. The molecule has 0 spiro atoms. The van der Waals surface area contributed by atoms with Gasteiger partial charge in [-0.05, 0) is 49.7 Å². The van der Waals surface area contributed by atoms with E-state index in [1.54, 1.807) is 36.4 Å². The van der Waals surface area contributed by atoms with Crippen molar-refractivity contribution in [3.63, 3.8) is 0 Å². The van der Waals surface area contributed by atoms with Crippen molar-refractivity contribution < 1.29 is 26.9 Å². The van der Waals surface area contributed by atoms with Crippen LogP contribution in [-0.4, -0.2) is 61.3 Å². The van der Waals surface area contributed by atoms with E-state index in [4.69, 9.17) is 13.7 Å². The smallest absolute Gasteiger partial charge is 0.300 e. The quantitative estimate of drug-likeness (QED) is 0.476. The fraction of sp³-hybridized carbons (Fsp3) is 0.375. The molecule has 1 unspecified atom stereocenters. The average molecular weight is 473 g/mol. The molecule has 0 bridgehead atoms. The fourth-order valence-corrected chi connectivity index (χ4v) is 4.53. The van der Waals surface area contributed by atoms with Crippen LogP contribution in [0.3, 0.4) is 0 Å². The summed E-state index contributed by atoms with van der Waals surface area (Å²) in [4.78, 5) is 17.4. The van der Waals surface area contributed by atoms with E-state index >= 15 is 0 Å². The third-order valence-corrected chi connectivity index (χ3v) is 6.43. The number of hydrogen-bond donors (Lipinski definition) is 1. The van der Waals surface area contributed by atoms with E-state index in [1.807, 2.05) is 30.3 Å². The first-order valence-corrected chi connectivity index (χ1v) is 12.5. The lowest BCUT2D eigenvalue weighted by Gasteiger charge is -2.32. The molecule has 2 heterocycles. The monoisotopic (exact) mass is 472 g/mol. The lowest BCUT2D eigenvalue weighted by atomic mass is 10.0. The van der Waals surface area contributed by atoms with E-state index in [9.17, 15) is 13.2 Å². The van der Waals surface area contributed by atoms with Crippen LogP contribution < -0.4 is 4.74 Å².